The molecule has 268 valence electrons. The van der Waals surface area contributed by atoms with Crippen LogP contribution in [0.2, 0.25) is 0 Å². The fourth-order valence-electron chi connectivity index (χ4n) is 13.2. The summed E-state index contributed by atoms with van der Waals surface area (Å²) in [4.78, 5) is 15.3. The lowest BCUT2D eigenvalue weighted by atomic mass is 9.34. The molecule has 5 aliphatic carbocycles. The number of ether oxygens (including phenoxy) is 2. The Morgan fingerprint density at radius 1 is 1.10 bits per heavy atom. The zero-order valence-corrected chi connectivity index (χ0v) is 30.8. The maximum atomic E-state index is 13.5. The van der Waals surface area contributed by atoms with E-state index in [0.717, 1.165) is 51.4 Å². The van der Waals surface area contributed by atoms with Crippen LogP contribution in [0, 0.1) is 56.7 Å². The van der Waals surface area contributed by atoms with Gasteiger partial charge in [0.25, 0.3) is 5.95 Å². The van der Waals surface area contributed by atoms with E-state index in [1.54, 1.807) is 4.80 Å². The maximum absolute atomic E-state index is 13.5. The number of hydrogen-bond donors (Lipinski definition) is 3. The number of hydrogen-bond acceptors (Lipinski definition) is 8. The molecule has 1 aromatic heterocycles. The molecular weight excluding hydrogens is 604 g/mol. The van der Waals surface area contributed by atoms with Crippen LogP contribution in [0.5, 0.6) is 0 Å². The van der Waals surface area contributed by atoms with Crippen LogP contribution in [0.25, 0.3) is 0 Å². The standard InChI is InChI=1S/C38H62N6O4/c1-23(2)24(3)34(5)17-18-35(6)25-11-12-28-33(4)19-27(44-42-32(39)41-43-44)30(48-21-37(40-8)14-9-10-15-37)38(28,22-47-20-33)26(25)13-16-36(35,7)29(34)31(45)46/h13,23-25,27-30,40H,9-12,14-22H2,1-8H3,(H2,39,42)(H,45,46)/t24-,25+,27-,28-,29-,30+,33-,34-,35-,36+,38+/m1/s1. The summed E-state index contributed by atoms with van der Waals surface area (Å²) < 4.78 is 14.1. The maximum Gasteiger partial charge on any atom is 0.307 e. The molecule has 1 saturated heterocycles. The van der Waals surface area contributed by atoms with Crippen molar-refractivity contribution in [2.45, 2.75) is 130 Å². The normalized spacial score (nSPS) is 45.5. The van der Waals surface area contributed by atoms with Gasteiger partial charge in [0.05, 0.1) is 31.8 Å². The van der Waals surface area contributed by atoms with Gasteiger partial charge in [-0.2, -0.15) is 4.80 Å². The highest BCUT2D eigenvalue weighted by molar-refractivity contribution is 5.73. The second-order valence-electron chi connectivity index (χ2n) is 18.6. The van der Waals surface area contributed by atoms with Crippen LogP contribution in [-0.2, 0) is 14.3 Å². The number of tetrazole rings is 1. The molecule has 10 heteroatoms. The number of carbonyl (C=O) groups is 1. The van der Waals surface area contributed by atoms with E-state index in [4.69, 9.17) is 15.2 Å². The lowest BCUT2D eigenvalue weighted by Crippen LogP contribution is -2.70. The highest BCUT2D eigenvalue weighted by Gasteiger charge is 2.73. The number of allylic oxidation sites excluding steroid dienone is 1. The third kappa shape index (κ3) is 4.59. The molecule has 1 aromatic rings. The van der Waals surface area contributed by atoms with E-state index >= 15 is 0 Å². The Kier molecular flexibility index (Phi) is 8.24. The molecule has 0 aromatic carbocycles. The predicted octanol–water partition coefficient (Wildman–Crippen LogP) is 6.30. The van der Waals surface area contributed by atoms with Gasteiger partial charge in [-0.25, -0.2) is 0 Å². The molecule has 10 nitrogen and oxygen atoms in total. The first kappa shape index (κ1) is 34.4. The molecule has 2 heterocycles. The van der Waals surface area contributed by atoms with Crippen LogP contribution in [-0.4, -0.2) is 69.8 Å². The smallest absolute Gasteiger partial charge is 0.307 e. The van der Waals surface area contributed by atoms with Crippen molar-refractivity contribution in [1.29, 1.82) is 0 Å². The predicted molar refractivity (Wildman–Crippen MR) is 185 cm³/mol. The number of nitrogen functional groups attached to an aromatic ring is 1. The molecule has 0 unspecified atom stereocenters. The minimum Gasteiger partial charge on any atom is -0.481 e. The monoisotopic (exact) mass is 666 g/mol. The number of carboxylic acid groups (broad SMARTS) is 1. The Balaban J connectivity index is 1.37. The third-order valence-electron chi connectivity index (χ3n) is 16.4. The van der Waals surface area contributed by atoms with Gasteiger partial charge in [0.1, 0.15) is 6.04 Å². The number of rotatable bonds is 8. The van der Waals surface area contributed by atoms with Gasteiger partial charge in [0.15, 0.2) is 0 Å². The highest BCUT2D eigenvalue weighted by Crippen LogP contribution is 2.75. The highest BCUT2D eigenvalue weighted by atomic mass is 16.5. The van der Waals surface area contributed by atoms with Gasteiger partial charge in [-0.05, 0) is 109 Å². The summed E-state index contributed by atoms with van der Waals surface area (Å²) in [7, 11) is 2.08. The fourth-order valence-corrected chi connectivity index (χ4v) is 13.2. The number of carboxylic acids is 1. The van der Waals surface area contributed by atoms with Crippen molar-refractivity contribution >= 4 is 11.9 Å². The van der Waals surface area contributed by atoms with E-state index in [1.165, 1.54) is 18.4 Å². The summed E-state index contributed by atoms with van der Waals surface area (Å²) >= 11 is 0. The Bertz CT molecular complexity index is 1440. The number of aliphatic carboxylic acids is 1. The Labute approximate surface area is 287 Å². The van der Waals surface area contributed by atoms with Gasteiger partial charge in [-0.1, -0.05) is 78.1 Å². The Morgan fingerprint density at radius 2 is 1.83 bits per heavy atom. The summed E-state index contributed by atoms with van der Waals surface area (Å²) in [5.41, 5.74) is 6.23. The van der Waals surface area contributed by atoms with Gasteiger partial charge in [-0.15, -0.1) is 5.10 Å². The number of nitrogens with zero attached hydrogens (tertiary/aromatic N) is 4. The molecule has 11 atom stereocenters. The van der Waals surface area contributed by atoms with Crippen LogP contribution < -0.4 is 11.1 Å². The zero-order chi connectivity index (χ0) is 34.5. The minimum atomic E-state index is -0.626. The van der Waals surface area contributed by atoms with Gasteiger partial charge < -0.3 is 25.6 Å². The first-order chi connectivity index (χ1) is 22.6. The Hall–Kier alpha value is -2.04. The van der Waals surface area contributed by atoms with Gasteiger partial charge in [-0.3, -0.25) is 4.79 Å². The molecule has 0 radical (unpaired) electrons. The second kappa shape index (κ2) is 11.5. The number of nitrogens with two attached hydrogens (primary N) is 1. The molecule has 0 amide bonds. The quantitative estimate of drug-likeness (QED) is 0.273. The summed E-state index contributed by atoms with van der Waals surface area (Å²) in [5.74, 6) is 0.500. The SMILES string of the molecule is CNC1(CO[C@H]2[C@H](n3nnc(N)n3)C[C@]3(C)COC[C@@]24C2=CC[C@@]5(C)[C@H](C(=O)O)[C@@](C)([C@H](C)C(C)C)CC[C@]5(C)[C@H]2CC[C@H]34)CCCC1. The van der Waals surface area contributed by atoms with Crippen LogP contribution in [0.4, 0.5) is 5.95 Å². The van der Waals surface area contributed by atoms with E-state index in [2.05, 4.69) is 82.3 Å². The summed E-state index contributed by atoms with van der Waals surface area (Å²) in [6, 6.07) is -0.135. The van der Waals surface area contributed by atoms with Crippen LogP contribution in [0.15, 0.2) is 11.6 Å². The molecular formula is C38H62N6O4. The van der Waals surface area contributed by atoms with E-state index in [0.29, 0.717) is 37.6 Å². The molecule has 7 rings (SSSR count). The fraction of sp³-hybridized carbons (Fsp3) is 0.895. The zero-order valence-electron chi connectivity index (χ0n) is 30.8. The number of aromatic nitrogens is 4. The van der Waals surface area contributed by atoms with Crippen molar-refractivity contribution in [3.63, 3.8) is 0 Å². The number of anilines is 1. The molecule has 4 N–H and O–H groups in total. The van der Waals surface area contributed by atoms with Crippen molar-refractivity contribution in [3.05, 3.63) is 11.6 Å². The largest absolute Gasteiger partial charge is 0.481 e. The van der Waals surface area contributed by atoms with Crippen molar-refractivity contribution in [3.8, 4) is 0 Å². The molecule has 5 fully saturated rings. The molecule has 48 heavy (non-hydrogen) atoms. The second-order valence-corrected chi connectivity index (χ2v) is 18.6. The Morgan fingerprint density at radius 3 is 2.46 bits per heavy atom. The van der Waals surface area contributed by atoms with Gasteiger partial charge in [0, 0.05) is 11.0 Å². The molecule has 1 aliphatic heterocycles. The van der Waals surface area contributed by atoms with Crippen molar-refractivity contribution < 1.29 is 19.4 Å². The average molecular weight is 667 g/mol. The number of likely N-dealkylation sites (N-methyl/N-ethyl adjacent to an activating group) is 1. The lowest BCUT2D eigenvalue weighted by molar-refractivity contribution is -0.255. The number of fused-ring (bicyclic) bond motifs is 3. The van der Waals surface area contributed by atoms with Gasteiger partial charge in [0.2, 0.25) is 0 Å². The van der Waals surface area contributed by atoms with E-state index in [-0.39, 0.29) is 56.6 Å². The number of nitrogens with one attached hydrogen (secondary N) is 1. The average Bonchev–Trinajstić information content (AvgIpc) is 3.69. The summed E-state index contributed by atoms with van der Waals surface area (Å²) in [6.45, 7) is 18.2. The van der Waals surface area contributed by atoms with Crippen LogP contribution in [0.1, 0.15) is 119 Å². The summed E-state index contributed by atoms with van der Waals surface area (Å²) in [5, 5.41) is 28.0. The van der Waals surface area contributed by atoms with Gasteiger partial charge >= 0.3 is 5.97 Å². The van der Waals surface area contributed by atoms with Crippen LogP contribution in [0.3, 0.4) is 0 Å². The molecule has 0 spiro atoms. The topological polar surface area (TPSA) is 137 Å². The first-order valence-electron chi connectivity index (χ1n) is 19.0. The third-order valence-corrected chi connectivity index (χ3v) is 16.4. The van der Waals surface area contributed by atoms with E-state index < -0.39 is 11.9 Å². The molecule has 4 saturated carbocycles. The van der Waals surface area contributed by atoms with Crippen molar-refractivity contribution in [2.24, 2.45) is 56.7 Å². The van der Waals surface area contributed by atoms with Crippen molar-refractivity contribution in [1.82, 2.24) is 25.5 Å². The van der Waals surface area contributed by atoms with E-state index in [1.807, 2.05) is 0 Å². The molecule has 2 bridgehead atoms. The van der Waals surface area contributed by atoms with Crippen LogP contribution >= 0.6 is 0 Å². The molecule has 6 aliphatic rings. The summed E-state index contributed by atoms with van der Waals surface area (Å²) in [6.07, 6.45) is 12.6. The first-order valence-corrected chi connectivity index (χ1v) is 19.0. The van der Waals surface area contributed by atoms with Crippen molar-refractivity contribution in [2.75, 3.05) is 32.6 Å². The lowest BCUT2D eigenvalue weighted by Gasteiger charge is -2.71. The van der Waals surface area contributed by atoms with E-state index in [9.17, 15) is 9.90 Å². The minimum absolute atomic E-state index is 0.0447.